The maximum Gasteiger partial charge on any atom is 0.146 e. The zero-order valence-electron chi connectivity index (χ0n) is 12.0. The quantitative estimate of drug-likeness (QED) is 0.903. The Kier molecular flexibility index (Phi) is 4.81. The minimum atomic E-state index is -0.118. The average molecular weight is 264 g/mol. The van der Waals surface area contributed by atoms with Crippen LogP contribution in [-0.4, -0.2) is 19.6 Å². The number of rotatable bonds is 4. The minimum absolute atomic E-state index is 0.118. The Morgan fingerprint density at radius 2 is 1.95 bits per heavy atom. The topological polar surface area (TPSA) is 29.3 Å². The third-order valence-corrected chi connectivity index (χ3v) is 4.37. The van der Waals surface area contributed by atoms with Gasteiger partial charge in [-0.25, -0.2) is 4.39 Å². The molecule has 1 aliphatic rings. The molecular formula is C16H25FN2. The first-order chi connectivity index (χ1) is 9.13. The lowest BCUT2D eigenvalue weighted by Gasteiger charge is -2.36. The van der Waals surface area contributed by atoms with Gasteiger partial charge in [-0.2, -0.15) is 0 Å². The molecule has 2 rings (SSSR count). The van der Waals surface area contributed by atoms with Crippen LogP contribution in [0.1, 0.15) is 38.2 Å². The van der Waals surface area contributed by atoms with Crippen molar-refractivity contribution in [3.63, 3.8) is 0 Å². The lowest BCUT2D eigenvalue weighted by molar-refractivity contribution is 0.339. The second kappa shape index (κ2) is 6.38. The van der Waals surface area contributed by atoms with Crippen molar-refractivity contribution in [2.75, 3.05) is 18.5 Å². The minimum Gasteiger partial charge on any atom is -0.369 e. The van der Waals surface area contributed by atoms with Crippen molar-refractivity contribution in [3.05, 3.63) is 29.6 Å². The number of hydrogen-bond donors (Lipinski definition) is 1. The van der Waals surface area contributed by atoms with E-state index < -0.39 is 0 Å². The number of benzene rings is 1. The summed E-state index contributed by atoms with van der Waals surface area (Å²) < 4.78 is 14.2. The molecule has 19 heavy (non-hydrogen) atoms. The highest BCUT2D eigenvalue weighted by atomic mass is 19.1. The van der Waals surface area contributed by atoms with Crippen LogP contribution < -0.4 is 10.6 Å². The Morgan fingerprint density at radius 3 is 2.58 bits per heavy atom. The molecule has 1 fully saturated rings. The number of para-hydroxylation sites is 1. The predicted molar refractivity (Wildman–Crippen MR) is 79.0 cm³/mol. The van der Waals surface area contributed by atoms with Gasteiger partial charge >= 0.3 is 0 Å². The number of halogens is 1. The first-order valence-electron chi connectivity index (χ1n) is 7.33. The molecule has 0 radical (unpaired) electrons. The highest BCUT2D eigenvalue weighted by Crippen LogP contribution is 2.32. The van der Waals surface area contributed by atoms with E-state index in [1.54, 1.807) is 12.1 Å². The molecule has 0 heterocycles. The molecule has 0 unspecified atom stereocenters. The highest BCUT2D eigenvalue weighted by molar-refractivity contribution is 5.55. The fourth-order valence-corrected chi connectivity index (χ4v) is 3.12. The molecule has 0 amide bonds. The van der Waals surface area contributed by atoms with Gasteiger partial charge in [0, 0.05) is 13.1 Å². The predicted octanol–water partition coefficient (Wildman–Crippen LogP) is 3.34. The van der Waals surface area contributed by atoms with Gasteiger partial charge in [0.1, 0.15) is 5.82 Å². The van der Waals surface area contributed by atoms with Gasteiger partial charge in [-0.1, -0.05) is 19.1 Å². The molecule has 1 aliphatic carbocycles. The highest BCUT2D eigenvalue weighted by Gasteiger charge is 2.24. The maximum atomic E-state index is 14.2. The standard InChI is InChI=1S/C16H25FN2/c1-12-6-8-14(9-7-12)19(2)16-13(10-11-18)4-3-5-15(16)17/h3-5,12,14H,6-11,18H2,1-2H3. The van der Waals surface area contributed by atoms with Gasteiger partial charge < -0.3 is 10.6 Å². The zero-order chi connectivity index (χ0) is 13.8. The Balaban J connectivity index is 2.20. The lowest BCUT2D eigenvalue weighted by atomic mass is 9.86. The first-order valence-corrected chi connectivity index (χ1v) is 7.33. The summed E-state index contributed by atoms with van der Waals surface area (Å²) >= 11 is 0. The smallest absolute Gasteiger partial charge is 0.146 e. The Hall–Kier alpha value is -1.09. The van der Waals surface area contributed by atoms with Crippen molar-refractivity contribution < 1.29 is 4.39 Å². The summed E-state index contributed by atoms with van der Waals surface area (Å²) in [5, 5.41) is 0. The molecule has 2 N–H and O–H groups in total. The van der Waals surface area contributed by atoms with Crippen LogP contribution in [0.5, 0.6) is 0 Å². The van der Waals surface area contributed by atoms with E-state index in [-0.39, 0.29) is 5.82 Å². The number of anilines is 1. The fraction of sp³-hybridized carbons (Fsp3) is 0.625. The number of hydrogen-bond acceptors (Lipinski definition) is 2. The zero-order valence-corrected chi connectivity index (χ0v) is 12.0. The molecule has 0 aliphatic heterocycles. The van der Waals surface area contributed by atoms with Gasteiger partial charge in [0.05, 0.1) is 5.69 Å². The van der Waals surface area contributed by atoms with Crippen LogP contribution in [0.3, 0.4) is 0 Å². The molecule has 0 atom stereocenters. The van der Waals surface area contributed by atoms with Crippen molar-refractivity contribution >= 4 is 5.69 Å². The third-order valence-electron chi connectivity index (χ3n) is 4.37. The van der Waals surface area contributed by atoms with Gasteiger partial charge in [0.2, 0.25) is 0 Å². The van der Waals surface area contributed by atoms with Crippen molar-refractivity contribution in [2.45, 2.75) is 45.1 Å². The van der Waals surface area contributed by atoms with Gasteiger partial charge in [0.15, 0.2) is 0 Å². The normalized spacial score (nSPS) is 23.4. The van der Waals surface area contributed by atoms with Crippen LogP contribution in [-0.2, 0) is 6.42 Å². The average Bonchev–Trinajstić information content (AvgIpc) is 2.39. The Morgan fingerprint density at radius 1 is 1.26 bits per heavy atom. The monoisotopic (exact) mass is 264 g/mol. The van der Waals surface area contributed by atoms with Crippen molar-refractivity contribution in [3.8, 4) is 0 Å². The van der Waals surface area contributed by atoms with Gasteiger partial charge in [-0.05, 0) is 56.2 Å². The molecule has 0 aromatic heterocycles. The molecule has 1 aromatic carbocycles. The molecule has 0 spiro atoms. The van der Waals surface area contributed by atoms with Gasteiger partial charge in [0.25, 0.3) is 0 Å². The van der Waals surface area contributed by atoms with Crippen molar-refractivity contribution in [1.82, 2.24) is 0 Å². The molecule has 1 aromatic rings. The summed E-state index contributed by atoms with van der Waals surface area (Å²) in [6.45, 7) is 2.87. The fourth-order valence-electron chi connectivity index (χ4n) is 3.12. The van der Waals surface area contributed by atoms with E-state index in [0.717, 1.165) is 36.4 Å². The van der Waals surface area contributed by atoms with E-state index in [1.807, 2.05) is 13.1 Å². The van der Waals surface area contributed by atoms with Crippen LogP contribution in [0.4, 0.5) is 10.1 Å². The summed E-state index contributed by atoms with van der Waals surface area (Å²) in [7, 11) is 2.03. The van der Waals surface area contributed by atoms with Crippen molar-refractivity contribution in [2.24, 2.45) is 11.7 Å². The molecule has 106 valence electrons. The summed E-state index contributed by atoms with van der Waals surface area (Å²) in [6.07, 6.45) is 5.55. The van der Waals surface area contributed by atoms with E-state index in [2.05, 4.69) is 11.8 Å². The van der Waals surface area contributed by atoms with Crippen LogP contribution in [0.25, 0.3) is 0 Å². The van der Waals surface area contributed by atoms with Crippen LogP contribution in [0, 0.1) is 11.7 Å². The number of nitrogens with two attached hydrogens (primary N) is 1. The first kappa shape index (κ1) is 14.3. The SMILES string of the molecule is CC1CCC(N(C)c2c(F)cccc2CCN)CC1. The second-order valence-electron chi connectivity index (χ2n) is 5.81. The van der Waals surface area contributed by atoms with E-state index in [0.29, 0.717) is 12.6 Å². The van der Waals surface area contributed by atoms with Crippen LogP contribution in [0.15, 0.2) is 18.2 Å². The van der Waals surface area contributed by atoms with E-state index in [9.17, 15) is 4.39 Å². The Bertz CT molecular complexity index is 411. The van der Waals surface area contributed by atoms with Crippen LogP contribution in [0.2, 0.25) is 0 Å². The Labute approximate surface area is 115 Å². The molecular weight excluding hydrogens is 239 g/mol. The van der Waals surface area contributed by atoms with Crippen molar-refractivity contribution in [1.29, 1.82) is 0 Å². The summed E-state index contributed by atoms with van der Waals surface area (Å²) in [4.78, 5) is 2.15. The second-order valence-corrected chi connectivity index (χ2v) is 5.81. The maximum absolute atomic E-state index is 14.2. The summed E-state index contributed by atoms with van der Waals surface area (Å²) in [6, 6.07) is 5.79. The summed E-state index contributed by atoms with van der Waals surface area (Å²) in [5.41, 5.74) is 7.42. The van der Waals surface area contributed by atoms with Gasteiger partial charge in [-0.15, -0.1) is 0 Å². The summed E-state index contributed by atoms with van der Waals surface area (Å²) in [5.74, 6) is 0.695. The van der Waals surface area contributed by atoms with E-state index in [1.165, 1.54) is 12.8 Å². The molecule has 3 heteroatoms. The lowest BCUT2D eigenvalue weighted by Crippen LogP contribution is -2.36. The third kappa shape index (κ3) is 3.27. The van der Waals surface area contributed by atoms with E-state index in [4.69, 9.17) is 5.73 Å². The van der Waals surface area contributed by atoms with E-state index >= 15 is 0 Å². The molecule has 0 saturated heterocycles. The number of nitrogens with zero attached hydrogens (tertiary/aromatic N) is 1. The molecule has 0 bridgehead atoms. The van der Waals surface area contributed by atoms with Gasteiger partial charge in [-0.3, -0.25) is 0 Å². The largest absolute Gasteiger partial charge is 0.369 e. The molecule has 2 nitrogen and oxygen atoms in total. The molecule has 1 saturated carbocycles. The van der Waals surface area contributed by atoms with Crippen LogP contribution >= 0.6 is 0 Å².